The van der Waals surface area contributed by atoms with Gasteiger partial charge in [0.05, 0.1) is 33.9 Å². The lowest BCUT2D eigenvalue weighted by Crippen LogP contribution is -2.13. The predicted molar refractivity (Wildman–Crippen MR) is 96.5 cm³/mol. The van der Waals surface area contributed by atoms with E-state index in [0.717, 1.165) is 23.0 Å². The maximum atomic E-state index is 12.4. The second-order valence-electron chi connectivity index (χ2n) is 5.93. The van der Waals surface area contributed by atoms with Crippen molar-refractivity contribution in [2.24, 2.45) is 0 Å². The van der Waals surface area contributed by atoms with Crippen LogP contribution in [0.2, 0.25) is 0 Å². The monoisotopic (exact) mass is 340 g/mol. The number of sulfone groups is 1. The van der Waals surface area contributed by atoms with Crippen molar-refractivity contribution in [3.8, 4) is 0 Å². The highest BCUT2D eigenvalue weighted by molar-refractivity contribution is 7.90. The van der Waals surface area contributed by atoms with Gasteiger partial charge in [-0.05, 0) is 37.5 Å². The van der Waals surface area contributed by atoms with Gasteiger partial charge in [0.1, 0.15) is 0 Å². The zero-order valence-electron chi connectivity index (χ0n) is 13.6. The molecule has 0 aliphatic rings. The van der Waals surface area contributed by atoms with E-state index in [0.29, 0.717) is 17.8 Å². The van der Waals surface area contributed by atoms with Crippen molar-refractivity contribution in [2.75, 3.05) is 5.75 Å². The maximum Gasteiger partial charge on any atom is 0.156 e. The number of hydrogen-bond acceptors (Lipinski definition) is 4. The van der Waals surface area contributed by atoms with Gasteiger partial charge in [0.25, 0.3) is 0 Å². The molecule has 3 aromatic rings. The van der Waals surface area contributed by atoms with Gasteiger partial charge >= 0.3 is 0 Å². The summed E-state index contributed by atoms with van der Waals surface area (Å²) in [4.78, 5) is 8.95. The van der Waals surface area contributed by atoms with Crippen molar-refractivity contribution in [1.29, 1.82) is 0 Å². The molecule has 0 saturated heterocycles. The van der Waals surface area contributed by atoms with E-state index >= 15 is 0 Å². The molecule has 2 aromatic carbocycles. The minimum Gasteiger partial charge on any atom is -0.250 e. The van der Waals surface area contributed by atoms with Gasteiger partial charge < -0.3 is 0 Å². The Morgan fingerprint density at radius 1 is 0.875 bits per heavy atom. The van der Waals surface area contributed by atoms with Crippen LogP contribution in [0.1, 0.15) is 23.4 Å². The van der Waals surface area contributed by atoms with Crippen LogP contribution in [-0.4, -0.2) is 24.1 Å². The molecular weight excluding hydrogens is 320 g/mol. The topological polar surface area (TPSA) is 59.9 Å². The fraction of sp³-hybridized carbons (Fsp3) is 0.263. The zero-order chi connectivity index (χ0) is 17.0. The lowest BCUT2D eigenvalue weighted by atomic mass is 10.1. The first-order valence-electron chi connectivity index (χ1n) is 8.00. The highest BCUT2D eigenvalue weighted by atomic mass is 32.2. The molecule has 1 aromatic heterocycles. The highest BCUT2D eigenvalue weighted by Crippen LogP contribution is 2.15. The fourth-order valence-corrected chi connectivity index (χ4v) is 4.10. The molecule has 124 valence electrons. The number of aryl methyl sites for hydroxylation is 2. The van der Waals surface area contributed by atoms with E-state index in [1.165, 1.54) is 0 Å². The number of fused-ring (bicyclic) bond motifs is 1. The third-order valence-electron chi connectivity index (χ3n) is 3.96. The Morgan fingerprint density at radius 2 is 1.50 bits per heavy atom. The molecule has 0 atom stereocenters. The summed E-state index contributed by atoms with van der Waals surface area (Å²) in [6.45, 7) is 1.81. The molecule has 5 heteroatoms. The Hall–Kier alpha value is -2.27. The largest absolute Gasteiger partial charge is 0.250 e. The van der Waals surface area contributed by atoms with E-state index in [2.05, 4.69) is 9.97 Å². The van der Waals surface area contributed by atoms with Crippen LogP contribution in [0.5, 0.6) is 0 Å². The molecule has 0 aliphatic carbocycles. The number of hydrogen-bond donors (Lipinski definition) is 0. The van der Waals surface area contributed by atoms with Crippen LogP contribution < -0.4 is 0 Å². The summed E-state index contributed by atoms with van der Waals surface area (Å²) < 4.78 is 24.8. The Bertz CT molecular complexity index is 938. The third-order valence-corrected chi connectivity index (χ3v) is 5.59. The Morgan fingerprint density at radius 3 is 2.21 bits per heavy atom. The molecular formula is C19H20N2O2S. The van der Waals surface area contributed by atoms with Gasteiger partial charge in [0, 0.05) is 0 Å². The van der Waals surface area contributed by atoms with E-state index in [-0.39, 0.29) is 11.5 Å². The van der Waals surface area contributed by atoms with E-state index < -0.39 is 9.84 Å². The molecule has 24 heavy (non-hydrogen) atoms. The van der Waals surface area contributed by atoms with Crippen LogP contribution in [0.4, 0.5) is 0 Å². The first-order valence-corrected chi connectivity index (χ1v) is 9.82. The van der Waals surface area contributed by atoms with Crippen LogP contribution in [0.15, 0.2) is 54.6 Å². The summed E-state index contributed by atoms with van der Waals surface area (Å²) in [5.41, 5.74) is 3.92. The number of nitrogens with zero attached hydrogens (tertiary/aromatic N) is 2. The molecule has 0 unspecified atom stereocenters. The number of rotatable bonds is 6. The second-order valence-corrected chi connectivity index (χ2v) is 8.11. The molecule has 1 heterocycles. The molecule has 0 radical (unpaired) electrons. The second kappa shape index (κ2) is 7.09. The Balaban J connectivity index is 1.69. The van der Waals surface area contributed by atoms with Gasteiger partial charge in [-0.15, -0.1) is 0 Å². The summed E-state index contributed by atoms with van der Waals surface area (Å²) in [5, 5.41) is 0. The standard InChI is InChI=1S/C19H20N2O2S/c1-15-19(21-18-12-6-5-11-17(18)20-15)14-24(22,23)13-7-10-16-8-3-2-4-9-16/h2-6,8-9,11-12H,7,10,13-14H2,1H3. The molecule has 0 N–H and O–H groups in total. The van der Waals surface area contributed by atoms with Crippen LogP contribution >= 0.6 is 0 Å². The minimum atomic E-state index is -3.20. The third kappa shape index (κ3) is 4.17. The van der Waals surface area contributed by atoms with Gasteiger partial charge in [-0.3, -0.25) is 0 Å². The van der Waals surface area contributed by atoms with Gasteiger partial charge in [-0.2, -0.15) is 0 Å². The van der Waals surface area contributed by atoms with Crippen molar-refractivity contribution >= 4 is 20.9 Å². The lowest BCUT2D eigenvalue weighted by Gasteiger charge is -2.08. The Labute approximate surface area is 142 Å². The molecule has 0 amide bonds. The maximum absolute atomic E-state index is 12.4. The van der Waals surface area contributed by atoms with Crippen molar-refractivity contribution in [3.63, 3.8) is 0 Å². The normalized spacial score (nSPS) is 11.7. The first-order chi connectivity index (χ1) is 11.5. The van der Waals surface area contributed by atoms with Crippen LogP contribution in [0.3, 0.4) is 0 Å². The molecule has 0 fully saturated rings. The number of benzene rings is 2. The average Bonchev–Trinajstić information content (AvgIpc) is 2.56. The van der Waals surface area contributed by atoms with Crippen molar-refractivity contribution in [3.05, 3.63) is 71.5 Å². The van der Waals surface area contributed by atoms with E-state index in [1.807, 2.05) is 61.5 Å². The van der Waals surface area contributed by atoms with Gasteiger partial charge in [-0.25, -0.2) is 18.4 Å². The molecule has 4 nitrogen and oxygen atoms in total. The smallest absolute Gasteiger partial charge is 0.156 e. The van der Waals surface area contributed by atoms with Gasteiger partial charge in [0.15, 0.2) is 9.84 Å². The molecule has 3 rings (SSSR count). The average molecular weight is 340 g/mol. The first kappa shape index (κ1) is 16.6. The molecule has 0 bridgehead atoms. The summed E-state index contributed by atoms with van der Waals surface area (Å²) in [5.74, 6) is 0.112. The van der Waals surface area contributed by atoms with Crippen LogP contribution in [0, 0.1) is 6.92 Å². The molecule has 0 saturated carbocycles. The summed E-state index contributed by atoms with van der Waals surface area (Å²) in [6, 6.07) is 17.5. The summed E-state index contributed by atoms with van der Waals surface area (Å²) >= 11 is 0. The van der Waals surface area contributed by atoms with Gasteiger partial charge in [0.2, 0.25) is 0 Å². The lowest BCUT2D eigenvalue weighted by molar-refractivity contribution is 0.591. The summed E-state index contributed by atoms with van der Waals surface area (Å²) in [7, 11) is -3.20. The van der Waals surface area contributed by atoms with E-state index in [1.54, 1.807) is 0 Å². The van der Waals surface area contributed by atoms with Crippen LogP contribution in [-0.2, 0) is 22.0 Å². The van der Waals surface area contributed by atoms with Crippen LogP contribution in [0.25, 0.3) is 11.0 Å². The zero-order valence-corrected chi connectivity index (χ0v) is 14.5. The fourth-order valence-electron chi connectivity index (χ4n) is 2.68. The van der Waals surface area contributed by atoms with E-state index in [9.17, 15) is 8.42 Å². The quantitative estimate of drug-likeness (QED) is 0.689. The van der Waals surface area contributed by atoms with Gasteiger partial charge in [-0.1, -0.05) is 42.5 Å². The van der Waals surface area contributed by atoms with Crippen molar-refractivity contribution < 1.29 is 8.42 Å². The predicted octanol–water partition coefficient (Wildman–Crippen LogP) is 3.49. The SMILES string of the molecule is Cc1nc2ccccc2nc1CS(=O)(=O)CCCc1ccccc1. The Kier molecular flexibility index (Phi) is 4.90. The van der Waals surface area contributed by atoms with Crippen molar-refractivity contribution in [2.45, 2.75) is 25.5 Å². The molecule has 0 spiro atoms. The van der Waals surface area contributed by atoms with E-state index in [4.69, 9.17) is 0 Å². The summed E-state index contributed by atoms with van der Waals surface area (Å²) in [6.07, 6.45) is 1.38. The number of para-hydroxylation sites is 2. The number of aromatic nitrogens is 2. The minimum absolute atomic E-state index is 0.0501. The highest BCUT2D eigenvalue weighted by Gasteiger charge is 2.16. The van der Waals surface area contributed by atoms with Crippen molar-refractivity contribution in [1.82, 2.24) is 9.97 Å². The molecule has 0 aliphatic heterocycles.